The molecule has 0 aromatic carbocycles. The molecule has 0 spiro atoms. The summed E-state index contributed by atoms with van der Waals surface area (Å²) in [6.07, 6.45) is -4.72. The minimum Gasteiger partial charge on any atom is -0.284 e. The summed E-state index contributed by atoms with van der Waals surface area (Å²) in [5.41, 5.74) is 0. The van der Waals surface area contributed by atoms with Crippen molar-refractivity contribution in [3.05, 3.63) is 0 Å². The van der Waals surface area contributed by atoms with Gasteiger partial charge in [0.2, 0.25) is 0 Å². The van der Waals surface area contributed by atoms with Crippen LogP contribution in [0.4, 0.5) is 13.2 Å². The Kier molecular flexibility index (Phi) is 2.81. The van der Waals surface area contributed by atoms with Crippen LogP contribution in [-0.2, 0) is 10.1 Å². The first-order valence-corrected chi connectivity index (χ1v) is 5.69. The van der Waals surface area contributed by atoms with Gasteiger partial charge in [-0.05, 0) is 0 Å². The van der Waals surface area contributed by atoms with Crippen LogP contribution in [0.1, 0.15) is 0 Å². The van der Waals surface area contributed by atoms with Gasteiger partial charge in [-0.1, -0.05) is 0 Å². The van der Waals surface area contributed by atoms with Crippen LogP contribution in [0.5, 0.6) is 0 Å². The second-order valence-corrected chi connectivity index (χ2v) is 5.32. The molecule has 1 saturated heterocycles. The predicted molar refractivity (Wildman–Crippen MR) is 40.6 cm³/mol. The van der Waals surface area contributed by atoms with Crippen LogP contribution in [-0.4, -0.2) is 41.2 Å². The highest BCUT2D eigenvalue weighted by atomic mass is 32.3. The maximum atomic E-state index is 12.1. The van der Waals surface area contributed by atoms with Crippen molar-refractivity contribution >= 4 is 21.9 Å². The molecule has 0 saturated carbocycles. The SMILES string of the molecule is O=S(=O)(O)C1SCCN1C(F)(F)F. The van der Waals surface area contributed by atoms with Crippen molar-refractivity contribution in [2.75, 3.05) is 12.3 Å². The summed E-state index contributed by atoms with van der Waals surface area (Å²) < 4.78 is 63.8. The van der Waals surface area contributed by atoms with Crippen molar-refractivity contribution in [2.45, 2.75) is 11.0 Å². The number of thioether (sulfide) groups is 1. The lowest BCUT2D eigenvalue weighted by atomic mass is 10.6. The third-order valence-corrected chi connectivity index (χ3v) is 4.29. The highest BCUT2D eigenvalue weighted by molar-refractivity contribution is 8.11. The second-order valence-electron chi connectivity index (χ2n) is 2.35. The molecule has 9 heteroatoms. The molecular formula is C4H6F3NO3S2. The average molecular weight is 237 g/mol. The van der Waals surface area contributed by atoms with Crippen molar-refractivity contribution in [3.63, 3.8) is 0 Å². The van der Waals surface area contributed by atoms with Gasteiger partial charge in [0.15, 0.2) is 4.71 Å². The molecule has 1 aliphatic heterocycles. The molecule has 1 fully saturated rings. The molecule has 0 aromatic rings. The Balaban J connectivity index is 2.89. The quantitative estimate of drug-likeness (QED) is 0.538. The fourth-order valence-corrected chi connectivity index (χ4v) is 3.37. The normalized spacial score (nSPS) is 26.6. The number of alkyl halides is 3. The molecule has 1 atom stereocenters. The average Bonchev–Trinajstić information content (AvgIpc) is 2.27. The van der Waals surface area contributed by atoms with Gasteiger partial charge >= 0.3 is 6.30 Å². The number of nitrogens with zero attached hydrogens (tertiary/aromatic N) is 1. The second kappa shape index (κ2) is 3.30. The lowest BCUT2D eigenvalue weighted by Crippen LogP contribution is -2.44. The molecule has 1 aliphatic rings. The van der Waals surface area contributed by atoms with E-state index < -0.39 is 27.7 Å². The molecule has 0 bridgehead atoms. The van der Waals surface area contributed by atoms with E-state index >= 15 is 0 Å². The summed E-state index contributed by atoms with van der Waals surface area (Å²) in [5.74, 6) is 0.0317. The van der Waals surface area contributed by atoms with Crippen LogP contribution < -0.4 is 0 Å². The molecule has 1 rings (SSSR count). The van der Waals surface area contributed by atoms with E-state index in [1.165, 1.54) is 0 Å². The molecule has 78 valence electrons. The molecule has 0 amide bonds. The Morgan fingerprint density at radius 2 is 2.00 bits per heavy atom. The first kappa shape index (κ1) is 11.1. The first-order valence-electron chi connectivity index (χ1n) is 3.14. The molecule has 0 aromatic heterocycles. The first-order chi connectivity index (χ1) is 5.73. The molecule has 1 N–H and O–H groups in total. The molecule has 13 heavy (non-hydrogen) atoms. The van der Waals surface area contributed by atoms with Gasteiger partial charge in [0.05, 0.1) is 0 Å². The smallest absolute Gasteiger partial charge is 0.284 e. The van der Waals surface area contributed by atoms with Crippen molar-refractivity contribution in [1.82, 2.24) is 4.90 Å². The summed E-state index contributed by atoms with van der Waals surface area (Å²) in [7, 11) is -4.67. The Bertz CT molecular complexity index is 287. The maximum absolute atomic E-state index is 12.1. The van der Waals surface area contributed by atoms with E-state index in [0.29, 0.717) is 11.8 Å². The van der Waals surface area contributed by atoms with Crippen LogP contribution in [0.25, 0.3) is 0 Å². The topological polar surface area (TPSA) is 57.6 Å². The predicted octanol–water partition coefficient (Wildman–Crippen LogP) is 0.726. The third-order valence-electron chi connectivity index (χ3n) is 1.43. The van der Waals surface area contributed by atoms with E-state index in [4.69, 9.17) is 4.55 Å². The molecule has 1 unspecified atom stereocenters. The fourth-order valence-electron chi connectivity index (χ4n) is 0.940. The van der Waals surface area contributed by atoms with E-state index in [1.54, 1.807) is 0 Å². The van der Waals surface area contributed by atoms with Gasteiger partial charge in [-0.2, -0.15) is 26.5 Å². The monoisotopic (exact) mass is 237 g/mol. The van der Waals surface area contributed by atoms with Crippen LogP contribution in [0.15, 0.2) is 0 Å². The van der Waals surface area contributed by atoms with Crippen molar-refractivity contribution in [1.29, 1.82) is 0 Å². The number of hydrogen-bond acceptors (Lipinski definition) is 4. The number of rotatable bonds is 1. The van der Waals surface area contributed by atoms with Gasteiger partial charge in [0.1, 0.15) is 0 Å². The highest BCUT2D eigenvalue weighted by Crippen LogP contribution is 2.36. The molecule has 1 heterocycles. The largest absolute Gasteiger partial charge is 0.461 e. The van der Waals surface area contributed by atoms with Gasteiger partial charge in [-0.15, -0.1) is 11.8 Å². The van der Waals surface area contributed by atoms with E-state index in [2.05, 4.69) is 0 Å². The van der Waals surface area contributed by atoms with Crippen molar-refractivity contribution in [2.24, 2.45) is 0 Å². The summed E-state index contributed by atoms with van der Waals surface area (Å²) >= 11 is 0.552. The van der Waals surface area contributed by atoms with Gasteiger partial charge < -0.3 is 0 Å². The van der Waals surface area contributed by atoms with Crippen LogP contribution >= 0.6 is 11.8 Å². The highest BCUT2D eigenvalue weighted by Gasteiger charge is 2.49. The van der Waals surface area contributed by atoms with E-state index in [1.807, 2.05) is 0 Å². The Morgan fingerprint density at radius 1 is 1.46 bits per heavy atom. The summed E-state index contributed by atoms with van der Waals surface area (Å²) in [6.45, 7) is -0.418. The zero-order valence-electron chi connectivity index (χ0n) is 6.15. The lowest BCUT2D eigenvalue weighted by Gasteiger charge is -2.22. The minimum absolute atomic E-state index is 0.0317. The van der Waals surface area contributed by atoms with Crippen LogP contribution in [0, 0.1) is 0 Å². The summed E-state index contributed by atoms with van der Waals surface area (Å²) in [4.78, 5) is -0.201. The van der Waals surface area contributed by atoms with Gasteiger partial charge in [-0.3, -0.25) is 4.55 Å². The standard InChI is InChI=1S/C4H6F3NO3S2/c5-4(6,7)8-1-2-12-3(8)13(9,10)11/h3H,1-2H2,(H,9,10,11). The van der Waals surface area contributed by atoms with Crippen molar-refractivity contribution < 1.29 is 26.1 Å². The summed E-state index contributed by atoms with van der Waals surface area (Å²) in [6, 6.07) is 0. The lowest BCUT2D eigenvalue weighted by molar-refractivity contribution is -0.239. The van der Waals surface area contributed by atoms with E-state index in [-0.39, 0.29) is 10.7 Å². The Morgan fingerprint density at radius 3 is 2.31 bits per heavy atom. The Labute approximate surface area is 76.8 Å². The summed E-state index contributed by atoms with van der Waals surface area (Å²) in [5, 5.41) is 0. The third kappa shape index (κ3) is 2.48. The van der Waals surface area contributed by atoms with E-state index in [0.717, 1.165) is 0 Å². The molecular weight excluding hydrogens is 231 g/mol. The number of hydrogen-bond donors (Lipinski definition) is 1. The number of halogens is 3. The Hall–Kier alpha value is 0.01000. The van der Waals surface area contributed by atoms with Crippen molar-refractivity contribution in [3.8, 4) is 0 Å². The molecule has 0 radical (unpaired) electrons. The minimum atomic E-state index is -4.72. The van der Waals surface area contributed by atoms with Gasteiger partial charge in [0, 0.05) is 12.3 Å². The zero-order chi connectivity index (χ0) is 10.3. The van der Waals surface area contributed by atoms with Gasteiger partial charge in [0.25, 0.3) is 10.1 Å². The maximum Gasteiger partial charge on any atom is 0.461 e. The fraction of sp³-hybridized carbons (Fsp3) is 1.00. The van der Waals surface area contributed by atoms with Crippen LogP contribution in [0.3, 0.4) is 0 Å². The van der Waals surface area contributed by atoms with E-state index in [9.17, 15) is 21.6 Å². The molecule has 0 aliphatic carbocycles. The van der Waals surface area contributed by atoms with Crippen LogP contribution in [0.2, 0.25) is 0 Å². The van der Waals surface area contributed by atoms with Gasteiger partial charge in [-0.25, -0.2) is 0 Å². The molecule has 4 nitrogen and oxygen atoms in total. The zero-order valence-corrected chi connectivity index (χ0v) is 7.79.